The molecule has 25 heavy (non-hydrogen) atoms. The molecule has 3 rings (SSSR count). The minimum absolute atomic E-state index is 0.0729. The van der Waals surface area contributed by atoms with E-state index >= 15 is 0 Å². The summed E-state index contributed by atoms with van der Waals surface area (Å²) in [6.45, 7) is 1.69. The Hall–Kier alpha value is -2.63. The van der Waals surface area contributed by atoms with Crippen molar-refractivity contribution in [1.29, 1.82) is 0 Å². The molecule has 0 aliphatic heterocycles. The first-order valence-corrected chi connectivity index (χ1v) is 8.61. The fraction of sp³-hybridized carbons (Fsp3) is 0.421. The number of nitrogens with one attached hydrogen (secondary N) is 1. The molecule has 0 unspecified atom stereocenters. The van der Waals surface area contributed by atoms with Crippen molar-refractivity contribution in [2.24, 2.45) is 0 Å². The Kier molecular flexibility index (Phi) is 4.88. The van der Waals surface area contributed by atoms with Gasteiger partial charge in [0, 0.05) is 5.56 Å². The Labute approximate surface area is 146 Å². The Morgan fingerprint density at radius 1 is 1.12 bits per heavy atom. The van der Waals surface area contributed by atoms with Crippen LogP contribution in [0.1, 0.15) is 54.8 Å². The molecule has 1 fully saturated rings. The average molecular weight is 342 g/mol. The number of carbonyl (C=O) groups is 2. The average Bonchev–Trinajstić information content (AvgIpc) is 2.84. The lowest BCUT2D eigenvalue weighted by Gasteiger charge is -2.28. The van der Waals surface area contributed by atoms with E-state index in [0.29, 0.717) is 24.4 Å². The summed E-state index contributed by atoms with van der Waals surface area (Å²) in [7, 11) is 0. The predicted molar refractivity (Wildman–Crippen MR) is 92.2 cm³/mol. The Bertz CT molecular complexity index is 759. The van der Waals surface area contributed by atoms with Gasteiger partial charge in [-0.2, -0.15) is 0 Å². The third-order valence-electron chi connectivity index (χ3n) is 4.74. The molecule has 1 aromatic carbocycles. The SMILES string of the molecule is Cc1nc(-c2ccccc2)oc1C(=O)NC1(C(=O)O)CCCCCC1. The molecule has 1 amide bonds. The highest BCUT2D eigenvalue weighted by Crippen LogP contribution is 2.29. The second-order valence-electron chi connectivity index (χ2n) is 6.56. The number of oxazole rings is 1. The van der Waals surface area contributed by atoms with Gasteiger partial charge in [-0.25, -0.2) is 9.78 Å². The van der Waals surface area contributed by atoms with Crippen LogP contribution in [0.2, 0.25) is 0 Å². The molecule has 6 nitrogen and oxygen atoms in total. The van der Waals surface area contributed by atoms with Gasteiger partial charge < -0.3 is 14.8 Å². The van der Waals surface area contributed by atoms with Gasteiger partial charge in [-0.3, -0.25) is 4.79 Å². The van der Waals surface area contributed by atoms with Gasteiger partial charge in [0.15, 0.2) is 0 Å². The lowest BCUT2D eigenvalue weighted by atomic mass is 9.90. The van der Waals surface area contributed by atoms with Crippen LogP contribution in [0.15, 0.2) is 34.7 Å². The number of aryl methyl sites for hydroxylation is 1. The molecule has 132 valence electrons. The van der Waals surface area contributed by atoms with E-state index in [-0.39, 0.29) is 5.76 Å². The summed E-state index contributed by atoms with van der Waals surface area (Å²) in [4.78, 5) is 28.8. The van der Waals surface area contributed by atoms with Crippen molar-refractivity contribution in [2.75, 3.05) is 0 Å². The van der Waals surface area contributed by atoms with Gasteiger partial charge in [-0.05, 0) is 31.9 Å². The fourth-order valence-electron chi connectivity index (χ4n) is 3.31. The molecule has 1 saturated carbocycles. The molecule has 1 aromatic heterocycles. The summed E-state index contributed by atoms with van der Waals surface area (Å²) < 4.78 is 5.64. The van der Waals surface area contributed by atoms with Crippen LogP contribution in [0.5, 0.6) is 0 Å². The van der Waals surface area contributed by atoms with Crippen LogP contribution in [-0.4, -0.2) is 27.5 Å². The van der Waals surface area contributed by atoms with Crippen LogP contribution < -0.4 is 5.32 Å². The van der Waals surface area contributed by atoms with Crippen LogP contribution in [0.4, 0.5) is 0 Å². The van der Waals surface area contributed by atoms with Gasteiger partial charge in [-0.15, -0.1) is 0 Å². The molecule has 0 radical (unpaired) electrons. The number of hydrogen-bond acceptors (Lipinski definition) is 4. The Morgan fingerprint density at radius 3 is 2.36 bits per heavy atom. The normalized spacial score (nSPS) is 16.8. The first-order valence-electron chi connectivity index (χ1n) is 8.61. The fourth-order valence-corrected chi connectivity index (χ4v) is 3.31. The van der Waals surface area contributed by atoms with Crippen LogP contribution >= 0.6 is 0 Å². The Morgan fingerprint density at radius 2 is 1.76 bits per heavy atom. The number of aliphatic carboxylic acids is 1. The number of amides is 1. The minimum Gasteiger partial charge on any atom is -0.480 e. The van der Waals surface area contributed by atoms with Crippen LogP contribution in [0.25, 0.3) is 11.5 Å². The van der Waals surface area contributed by atoms with Gasteiger partial charge in [0.05, 0.1) is 5.69 Å². The maximum Gasteiger partial charge on any atom is 0.329 e. The number of nitrogens with zero attached hydrogens (tertiary/aromatic N) is 1. The number of rotatable bonds is 4. The molecule has 1 aliphatic carbocycles. The van der Waals surface area contributed by atoms with Crippen molar-refractivity contribution in [3.05, 3.63) is 41.8 Å². The van der Waals surface area contributed by atoms with Gasteiger partial charge >= 0.3 is 5.97 Å². The lowest BCUT2D eigenvalue weighted by Crippen LogP contribution is -2.54. The third-order valence-corrected chi connectivity index (χ3v) is 4.74. The summed E-state index contributed by atoms with van der Waals surface area (Å²) in [5.41, 5.74) is -0.00252. The zero-order valence-corrected chi connectivity index (χ0v) is 14.2. The van der Waals surface area contributed by atoms with Gasteiger partial charge in [0.2, 0.25) is 11.7 Å². The molecule has 2 N–H and O–H groups in total. The summed E-state index contributed by atoms with van der Waals surface area (Å²) in [6.07, 6.45) is 4.43. The van der Waals surface area contributed by atoms with E-state index in [1.807, 2.05) is 30.3 Å². The second-order valence-corrected chi connectivity index (χ2v) is 6.56. The quantitative estimate of drug-likeness (QED) is 0.829. The first-order chi connectivity index (χ1) is 12.0. The van der Waals surface area contributed by atoms with Crippen LogP contribution in [0, 0.1) is 6.92 Å². The maximum absolute atomic E-state index is 12.7. The van der Waals surface area contributed by atoms with E-state index in [0.717, 1.165) is 31.2 Å². The smallest absolute Gasteiger partial charge is 0.329 e. The molecule has 0 atom stereocenters. The van der Waals surface area contributed by atoms with Crippen molar-refractivity contribution in [2.45, 2.75) is 51.0 Å². The molecule has 1 heterocycles. The first kappa shape index (κ1) is 17.2. The summed E-state index contributed by atoms with van der Waals surface area (Å²) in [5, 5.41) is 12.4. The van der Waals surface area contributed by atoms with E-state index in [4.69, 9.17) is 4.42 Å². The highest BCUT2D eigenvalue weighted by atomic mass is 16.4. The van der Waals surface area contributed by atoms with E-state index in [9.17, 15) is 14.7 Å². The van der Waals surface area contributed by atoms with Gasteiger partial charge in [0.1, 0.15) is 5.54 Å². The molecular weight excluding hydrogens is 320 g/mol. The minimum atomic E-state index is -1.22. The van der Waals surface area contributed by atoms with Crippen LogP contribution in [-0.2, 0) is 4.79 Å². The van der Waals surface area contributed by atoms with Crippen molar-refractivity contribution in [3.8, 4) is 11.5 Å². The zero-order chi connectivity index (χ0) is 17.9. The molecule has 0 saturated heterocycles. The predicted octanol–water partition coefficient (Wildman–Crippen LogP) is 3.56. The highest BCUT2D eigenvalue weighted by molar-refractivity contribution is 5.96. The van der Waals surface area contributed by atoms with Crippen molar-refractivity contribution in [1.82, 2.24) is 10.3 Å². The summed E-state index contributed by atoms with van der Waals surface area (Å²) in [6, 6.07) is 9.29. The van der Waals surface area contributed by atoms with Crippen molar-refractivity contribution < 1.29 is 19.1 Å². The largest absolute Gasteiger partial charge is 0.480 e. The lowest BCUT2D eigenvalue weighted by molar-refractivity contribution is -0.145. The molecule has 0 bridgehead atoms. The van der Waals surface area contributed by atoms with Gasteiger partial charge in [-0.1, -0.05) is 43.9 Å². The topological polar surface area (TPSA) is 92.4 Å². The number of hydrogen-bond donors (Lipinski definition) is 2. The van der Waals surface area contributed by atoms with Crippen molar-refractivity contribution in [3.63, 3.8) is 0 Å². The number of carboxylic acids is 1. The molecular formula is C19H22N2O4. The Balaban J connectivity index is 1.85. The zero-order valence-electron chi connectivity index (χ0n) is 14.2. The van der Waals surface area contributed by atoms with Crippen LogP contribution in [0.3, 0.4) is 0 Å². The van der Waals surface area contributed by atoms with Gasteiger partial charge in [0.25, 0.3) is 5.91 Å². The van der Waals surface area contributed by atoms with E-state index < -0.39 is 17.4 Å². The third kappa shape index (κ3) is 3.57. The molecule has 1 aliphatic rings. The number of carbonyl (C=O) groups excluding carboxylic acids is 1. The van der Waals surface area contributed by atoms with E-state index in [2.05, 4.69) is 10.3 Å². The molecule has 2 aromatic rings. The monoisotopic (exact) mass is 342 g/mol. The van der Waals surface area contributed by atoms with E-state index in [1.165, 1.54) is 0 Å². The van der Waals surface area contributed by atoms with Crippen molar-refractivity contribution >= 4 is 11.9 Å². The second kappa shape index (κ2) is 7.09. The number of benzene rings is 1. The number of aromatic nitrogens is 1. The summed E-state index contributed by atoms with van der Waals surface area (Å²) >= 11 is 0. The van der Waals surface area contributed by atoms with E-state index in [1.54, 1.807) is 6.92 Å². The molecule has 6 heteroatoms. The maximum atomic E-state index is 12.7. The number of carboxylic acid groups (broad SMARTS) is 1. The molecule has 0 spiro atoms. The summed E-state index contributed by atoms with van der Waals surface area (Å²) in [5.74, 6) is -1.07. The highest BCUT2D eigenvalue weighted by Gasteiger charge is 2.41. The standard InChI is InChI=1S/C19H22N2O4/c1-13-15(25-17(20-13)14-9-5-4-6-10-14)16(22)21-19(18(23)24)11-7-2-3-8-12-19/h4-6,9-10H,2-3,7-8,11-12H2,1H3,(H,21,22)(H,23,24).